The van der Waals surface area contributed by atoms with E-state index in [0.717, 1.165) is 25.5 Å². The molecule has 0 aliphatic carbocycles. The number of esters is 1. The van der Waals surface area contributed by atoms with Crippen LogP contribution in [0.25, 0.3) is 0 Å². The van der Waals surface area contributed by atoms with Gasteiger partial charge in [-0.05, 0) is 18.6 Å². The molecule has 0 unspecified atom stereocenters. The molecule has 1 N–H and O–H groups in total. The molecule has 0 bridgehead atoms. The van der Waals surface area contributed by atoms with E-state index < -0.39 is 16.0 Å². The molecule has 7 heteroatoms. The van der Waals surface area contributed by atoms with Crippen LogP contribution in [-0.4, -0.2) is 34.4 Å². The summed E-state index contributed by atoms with van der Waals surface area (Å²) in [5, 5.41) is 0. The Morgan fingerprint density at radius 1 is 0.844 bits per heavy atom. The Morgan fingerprint density at radius 2 is 1.34 bits per heavy atom. The zero-order valence-electron chi connectivity index (χ0n) is 20.3. The highest BCUT2D eigenvalue weighted by Crippen LogP contribution is 2.30. The number of unbranched alkanes of at least 4 members (excludes halogenated alkanes) is 13. The number of carbonyl (C=O) groups is 1. The zero-order chi connectivity index (χ0) is 23.7. The van der Waals surface area contributed by atoms with Crippen LogP contribution in [0.5, 0.6) is 5.75 Å². The minimum Gasteiger partial charge on any atom is -0.490 e. The maximum absolute atomic E-state index is 12.0. The fourth-order valence-electron chi connectivity index (χ4n) is 3.71. The summed E-state index contributed by atoms with van der Waals surface area (Å²) in [6.07, 6.45) is 18.9. The maximum Gasteiger partial charge on any atom is 0.341 e. The number of ether oxygens (including phenoxy) is 2. The maximum atomic E-state index is 12.0. The lowest BCUT2D eigenvalue weighted by molar-refractivity contribution is 0.0596. The molecule has 0 fully saturated rings. The summed E-state index contributed by atoms with van der Waals surface area (Å²) in [6, 6.07) is 4.74. The molecule has 184 valence electrons. The van der Waals surface area contributed by atoms with Crippen LogP contribution in [0.1, 0.15) is 107 Å². The summed E-state index contributed by atoms with van der Waals surface area (Å²) in [4.78, 5) is 12.0. The molecule has 1 rings (SSSR count). The van der Waals surface area contributed by atoms with Crippen molar-refractivity contribution < 1.29 is 22.7 Å². The first-order valence-corrected chi connectivity index (χ1v) is 14.1. The van der Waals surface area contributed by atoms with Crippen molar-refractivity contribution in [2.24, 2.45) is 0 Å². The Bertz CT molecular complexity index is 749. The molecule has 32 heavy (non-hydrogen) atoms. The fraction of sp³-hybridized carbons (Fsp3) is 0.720. The van der Waals surface area contributed by atoms with E-state index in [4.69, 9.17) is 9.47 Å². The smallest absolute Gasteiger partial charge is 0.341 e. The molecule has 6 nitrogen and oxygen atoms in total. The van der Waals surface area contributed by atoms with Gasteiger partial charge in [0, 0.05) is 0 Å². The summed E-state index contributed by atoms with van der Waals surface area (Å²) in [7, 11) is -2.20. The van der Waals surface area contributed by atoms with Crippen LogP contribution in [0.3, 0.4) is 0 Å². The SMILES string of the molecule is CCCCCCCCCCCCCCCCOc1c(NS(C)(=O)=O)cccc1C(=O)OC. The van der Waals surface area contributed by atoms with E-state index in [2.05, 4.69) is 11.6 Å². The number of anilines is 1. The zero-order valence-corrected chi connectivity index (χ0v) is 21.1. The number of hydrogen-bond donors (Lipinski definition) is 1. The standard InChI is InChI=1S/C25H43NO5S/c1-4-5-6-7-8-9-10-11-12-13-14-15-16-17-21-31-24-22(25(27)30-2)19-18-20-23(24)26-32(3,28)29/h18-20,26H,4-17,21H2,1-3H3. The molecule has 1 aromatic carbocycles. The van der Waals surface area contributed by atoms with Crippen molar-refractivity contribution in [1.82, 2.24) is 0 Å². The van der Waals surface area contributed by atoms with Crippen molar-refractivity contribution in [3.05, 3.63) is 23.8 Å². The van der Waals surface area contributed by atoms with Gasteiger partial charge in [0.05, 0.1) is 25.7 Å². The van der Waals surface area contributed by atoms with Crippen LogP contribution in [-0.2, 0) is 14.8 Å². The number of para-hydroxylation sites is 1. The molecular formula is C25H43NO5S. The van der Waals surface area contributed by atoms with Gasteiger partial charge in [0.2, 0.25) is 10.0 Å². The monoisotopic (exact) mass is 469 g/mol. The second kappa shape index (κ2) is 16.8. The summed E-state index contributed by atoms with van der Waals surface area (Å²) in [5.41, 5.74) is 0.465. The normalized spacial score (nSPS) is 11.3. The molecule has 0 saturated heterocycles. The van der Waals surface area contributed by atoms with Gasteiger partial charge >= 0.3 is 5.97 Å². The second-order valence-electron chi connectivity index (χ2n) is 8.49. The van der Waals surface area contributed by atoms with Gasteiger partial charge in [-0.2, -0.15) is 0 Å². The highest BCUT2D eigenvalue weighted by molar-refractivity contribution is 7.92. The molecule has 0 radical (unpaired) electrons. The quantitative estimate of drug-likeness (QED) is 0.180. The van der Waals surface area contributed by atoms with E-state index in [0.29, 0.717) is 6.61 Å². The van der Waals surface area contributed by atoms with E-state index in [1.807, 2.05) is 0 Å². The molecular weight excluding hydrogens is 426 g/mol. The molecule has 0 heterocycles. The molecule has 0 spiro atoms. The van der Waals surface area contributed by atoms with E-state index in [-0.39, 0.29) is 17.0 Å². The summed E-state index contributed by atoms with van der Waals surface area (Å²) < 4.78 is 36.3. The van der Waals surface area contributed by atoms with E-state index in [1.54, 1.807) is 18.2 Å². The summed E-state index contributed by atoms with van der Waals surface area (Å²) in [5.74, 6) is -0.336. The summed E-state index contributed by atoms with van der Waals surface area (Å²) in [6.45, 7) is 2.68. The van der Waals surface area contributed by atoms with Crippen molar-refractivity contribution in [2.75, 3.05) is 24.7 Å². The predicted molar refractivity (Wildman–Crippen MR) is 132 cm³/mol. The third kappa shape index (κ3) is 12.9. The van der Waals surface area contributed by atoms with Crippen LogP contribution in [0.4, 0.5) is 5.69 Å². The van der Waals surface area contributed by atoms with Gasteiger partial charge in [-0.3, -0.25) is 4.72 Å². The first kappa shape index (κ1) is 28.3. The predicted octanol–water partition coefficient (Wildman–Crippen LogP) is 6.70. The third-order valence-corrected chi connectivity index (χ3v) is 6.05. The average molecular weight is 470 g/mol. The number of hydrogen-bond acceptors (Lipinski definition) is 5. The number of nitrogens with one attached hydrogen (secondary N) is 1. The molecule has 0 aliphatic heterocycles. The molecule has 0 aromatic heterocycles. The van der Waals surface area contributed by atoms with Crippen molar-refractivity contribution in [1.29, 1.82) is 0 Å². The number of carbonyl (C=O) groups excluding carboxylic acids is 1. The Balaban J connectivity index is 2.24. The van der Waals surface area contributed by atoms with Gasteiger partial charge in [0.1, 0.15) is 5.56 Å². The second-order valence-corrected chi connectivity index (χ2v) is 10.2. The van der Waals surface area contributed by atoms with Crippen LogP contribution in [0.15, 0.2) is 18.2 Å². The average Bonchev–Trinajstić information content (AvgIpc) is 2.75. The summed E-state index contributed by atoms with van der Waals surface area (Å²) >= 11 is 0. The first-order valence-electron chi connectivity index (χ1n) is 12.2. The van der Waals surface area contributed by atoms with Gasteiger partial charge in [-0.1, -0.05) is 96.5 Å². The lowest BCUT2D eigenvalue weighted by Gasteiger charge is -2.15. The molecule has 0 saturated carbocycles. The van der Waals surface area contributed by atoms with Gasteiger partial charge in [-0.15, -0.1) is 0 Å². The Kier molecular flexibility index (Phi) is 14.9. The largest absolute Gasteiger partial charge is 0.490 e. The van der Waals surface area contributed by atoms with Crippen molar-refractivity contribution in [2.45, 2.75) is 96.8 Å². The number of benzene rings is 1. The van der Waals surface area contributed by atoms with Gasteiger partial charge in [0.15, 0.2) is 5.75 Å². The van der Waals surface area contributed by atoms with E-state index in [1.165, 1.54) is 77.7 Å². The van der Waals surface area contributed by atoms with Gasteiger partial charge in [0.25, 0.3) is 0 Å². The van der Waals surface area contributed by atoms with Gasteiger partial charge < -0.3 is 9.47 Å². The van der Waals surface area contributed by atoms with Gasteiger partial charge in [-0.25, -0.2) is 13.2 Å². The number of methoxy groups -OCH3 is 1. The third-order valence-electron chi connectivity index (χ3n) is 5.46. The van der Waals surface area contributed by atoms with Crippen LogP contribution < -0.4 is 9.46 Å². The van der Waals surface area contributed by atoms with Crippen LogP contribution in [0.2, 0.25) is 0 Å². The number of sulfonamides is 1. The van der Waals surface area contributed by atoms with Crippen molar-refractivity contribution in [3.63, 3.8) is 0 Å². The Labute approximate surface area is 195 Å². The molecule has 0 amide bonds. The van der Waals surface area contributed by atoms with E-state index >= 15 is 0 Å². The van der Waals surface area contributed by atoms with Crippen LogP contribution >= 0.6 is 0 Å². The highest BCUT2D eigenvalue weighted by atomic mass is 32.2. The minimum atomic E-state index is -3.49. The lowest BCUT2D eigenvalue weighted by atomic mass is 10.0. The topological polar surface area (TPSA) is 81.7 Å². The molecule has 1 aromatic rings. The molecule has 0 aliphatic rings. The Morgan fingerprint density at radius 3 is 1.81 bits per heavy atom. The minimum absolute atomic E-state index is 0.214. The highest BCUT2D eigenvalue weighted by Gasteiger charge is 2.18. The Hall–Kier alpha value is -1.76. The lowest BCUT2D eigenvalue weighted by Crippen LogP contribution is -2.14. The molecule has 0 atom stereocenters. The van der Waals surface area contributed by atoms with E-state index in [9.17, 15) is 13.2 Å². The first-order chi connectivity index (χ1) is 15.4. The fourth-order valence-corrected chi connectivity index (χ4v) is 4.27. The van der Waals surface area contributed by atoms with Crippen LogP contribution in [0, 0.1) is 0 Å². The van der Waals surface area contributed by atoms with Crippen molar-refractivity contribution >= 4 is 21.7 Å². The number of rotatable bonds is 19. The van der Waals surface area contributed by atoms with Crippen molar-refractivity contribution in [3.8, 4) is 5.75 Å².